The Morgan fingerprint density at radius 2 is 2.18 bits per heavy atom. The van der Waals surface area contributed by atoms with Crippen LogP contribution in [0.1, 0.15) is 29.6 Å². The summed E-state index contributed by atoms with van der Waals surface area (Å²) in [5.74, 6) is 0.108. The third-order valence-corrected chi connectivity index (χ3v) is 2.62. The molecule has 90 valence electrons. The number of carbonyl (C=O) groups is 1. The summed E-state index contributed by atoms with van der Waals surface area (Å²) in [5.41, 5.74) is 0.737. The number of hydrogen-bond donors (Lipinski definition) is 0. The second-order valence-corrected chi connectivity index (χ2v) is 3.92. The Labute approximate surface area is 101 Å². The van der Waals surface area contributed by atoms with Crippen molar-refractivity contribution in [3.05, 3.63) is 48.2 Å². The molecule has 3 heteroatoms. The Bertz CT molecular complexity index is 384. The van der Waals surface area contributed by atoms with Crippen molar-refractivity contribution in [1.29, 1.82) is 0 Å². The number of benzene rings is 1. The molecule has 1 aliphatic rings. The first-order chi connectivity index (χ1) is 8.36. The third-order valence-electron chi connectivity index (χ3n) is 2.62. The molecule has 0 spiro atoms. The highest BCUT2D eigenvalue weighted by Gasteiger charge is 2.12. The quantitative estimate of drug-likeness (QED) is 0.732. The number of allylic oxidation sites excluding steroid dienone is 1. The summed E-state index contributed by atoms with van der Waals surface area (Å²) in [5, 5.41) is 0. The summed E-state index contributed by atoms with van der Waals surface area (Å²) in [6.07, 6.45) is 5.66. The van der Waals surface area contributed by atoms with E-state index < -0.39 is 0 Å². The van der Waals surface area contributed by atoms with Crippen LogP contribution in [0.3, 0.4) is 0 Å². The Morgan fingerprint density at radius 3 is 2.88 bits per heavy atom. The van der Waals surface area contributed by atoms with Crippen LogP contribution < -0.4 is 0 Å². The van der Waals surface area contributed by atoms with Gasteiger partial charge in [-0.05, 0) is 12.5 Å². The van der Waals surface area contributed by atoms with Crippen molar-refractivity contribution in [3.8, 4) is 0 Å². The van der Waals surface area contributed by atoms with E-state index in [9.17, 15) is 4.79 Å². The lowest BCUT2D eigenvalue weighted by Crippen LogP contribution is -2.18. The summed E-state index contributed by atoms with van der Waals surface area (Å²) in [6.45, 7) is 0.409. The van der Waals surface area contributed by atoms with E-state index in [4.69, 9.17) is 9.47 Å². The Hall–Kier alpha value is -1.61. The van der Waals surface area contributed by atoms with Gasteiger partial charge in [0.1, 0.15) is 0 Å². The van der Waals surface area contributed by atoms with Gasteiger partial charge in [-0.15, -0.1) is 0 Å². The van der Waals surface area contributed by atoms with Crippen molar-refractivity contribution in [3.63, 3.8) is 0 Å². The van der Waals surface area contributed by atoms with Gasteiger partial charge in [0.25, 0.3) is 0 Å². The van der Waals surface area contributed by atoms with E-state index in [0.717, 1.165) is 18.4 Å². The van der Waals surface area contributed by atoms with Crippen molar-refractivity contribution < 1.29 is 14.3 Å². The van der Waals surface area contributed by atoms with Gasteiger partial charge in [-0.25, -0.2) is 0 Å². The van der Waals surface area contributed by atoms with E-state index in [2.05, 4.69) is 0 Å². The minimum atomic E-state index is -0.191. The van der Waals surface area contributed by atoms with Gasteiger partial charge in [-0.2, -0.15) is 0 Å². The summed E-state index contributed by atoms with van der Waals surface area (Å²) in [6, 6.07) is 9.27. The number of Topliss-reactive ketones (excluding diaryl/α,β-unsaturated/α-hetero) is 1. The molecule has 0 saturated carbocycles. The van der Waals surface area contributed by atoms with Crippen LogP contribution in [0.15, 0.2) is 42.7 Å². The lowest BCUT2D eigenvalue weighted by atomic mass is 10.1. The molecule has 0 radical (unpaired) electrons. The summed E-state index contributed by atoms with van der Waals surface area (Å²) in [4.78, 5) is 11.8. The minimum absolute atomic E-state index is 0.108. The summed E-state index contributed by atoms with van der Waals surface area (Å²) >= 11 is 0. The molecule has 0 N–H and O–H groups in total. The molecule has 0 unspecified atom stereocenters. The molecule has 1 aromatic rings. The van der Waals surface area contributed by atoms with Crippen molar-refractivity contribution in [2.45, 2.75) is 25.6 Å². The third kappa shape index (κ3) is 3.71. The van der Waals surface area contributed by atoms with E-state index in [-0.39, 0.29) is 12.1 Å². The molecule has 3 nitrogen and oxygen atoms in total. The van der Waals surface area contributed by atoms with Crippen LogP contribution in [0.25, 0.3) is 0 Å². The minimum Gasteiger partial charge on any atom is -0.473 e. The van der Waals surface area contributed by atoms with Gasteiger partial charge in [0.15, 0.2) is 12.1 Å². The van der Waals surface area contributed by atoms with Crippen LogP contribution in [-0.4, -0.2) is 18.7 Å². The van der Waals surface area contributed by atoms with Gasteiger partial charge < -0.3 is 9.47 Å². The highest BCUT2D eigenvalue weighted by atomic mass is 16.7. The molecule has 1 aliphatic heterocycles. The average Bonchev–Trinajstić information content (AvgIpc) is 2.41. The van der Waals surface area contributed by atoms with Crippen LogP contribution in [-0.2, 0) is 9.47 Å². The lowest BCUT2D eigenvalue weighted by molar-refractivity contribution is -0.113. The van der Waals surface area contributed by atoms with Gasteiger partial charge in [-0.3, -0.25) is 4.79 Å². The first kappa shape index (κ1) is 11.9. The van der Waals surface area contributed by atoms with Gasteiger partial charge in [0.2, 0.25) is 0 Å². The predicted molar refractivity (Wildman–Crippen MR) is 64.6 cm³/mol. The van der Waals surface area contributed by atoms with Crippen LogP contribution in [0.2, 0.25) is 0 Å². The van der Waals surface area contributed by atoms with E-state index in [1.54, 1.807) is 6.26 Å². The normalized spacial score (nSPS) is 18.7. The molecule has 1 aromatic carbocycles. The first-order valence-corrected chi connectivity index (χ1v) is 5.86. The maximum Gasteiger partial charge on any atom is 0.199 e. The highest BCUT2D eigenvalue weighted by Crippen LogP contribution is 2.12. The van der Waals surface area contributed by atoms with E-state index >= 15 is 0 Å². The monoisotopic (exact) mass is 232 g/mol. The number of rotatable bonds is 5. The number of hydrogen-bond acceptors (Lipinski definition) is 3. The zero-order valence-corrected chi connectivity index (χ0v) is 9.67. The molecule has 2 rings (SSSR count). The van der Waals surface area contributed by atoms with E-state index in [1.807, 2.05) is 36.4 Å². The number of ketones is 1. The molecule has 0 aliphatic carbocycles. The molecule has 0 bridgehead atoms. The van der Waals surface area contributed by atoms with Gasteiger partial charge in [0.05, 0.1) is 12.9 Å². The molecule has 1 atom stereocenters. The smallest absolute Gasteiger partial charge is 0.199 e. The van der Waals surface area contributed by atoms with E-state index in [1.165, 1.54) is 0 Å². The van der Waals surface area contributed by atoms with Crippen molar-refractivity contribution >= 4 is 5.78 Å². The molecule has 0 amide bonds. The molecule has 1 heterocycles. The molecule has 0 saturated heterocycles. The largest absolute Gasteiger partial charge is 0.473 e. The molecular formula is C14H16O3. The van der Waals surface area contributed by atoms with Gasteiger partial charge in [0, 0.05) is 18.4 Å². The van der Waals surface area contributed by atoms with Gasteiger partial charge in [-0.1, -0.05) is 30.3 Å². The second kappa shape index (κ2) is 6.21. The highest BCUT2D eigenvalue weighted by molar-refractivity contribution is 5.96. The molecular weight excluding hydrogens is 216 g/mol. The van der Waals surface area contributed by atoms with Gasteiger partial charge >= 0.3 is 0 Å². The second-order valence-electron chi connectivity index (χ2n) is 3.92. The zero-order valence-electron chi connectivity index (χ0n) is 9.67. The maximum atomic E-state index is 11.8. The zero-order chi connectivity index (χ0) is 11.9. The van der Waals surface area contributed by atoms with Crippen LogP contribution in [0.4, 0.5) is 0 Å². The molecule has 0 aromatic heterocycles. The lowest BCUT2D eigenvalue weighted by Gasteiger charge is -2.19. The van der Waals surface area contributed by atoms with Crippen LogP contribution >= 0.6 is 0 Å². The predicted octanol–water partition coefficient (Wildman–Crippen LogP) is 2.93. The number of ether oxygens (including phenoxy) is 2. The van der Waals surface area contributed by atoms with Crippen LogP contribution in [0.5, 0.6) is 0 Å². The van der Waals surface area contributed by atoms with Crippen molar-refractivity contribution in [2.24, 2.45) is 0 Å². The Balaban J connectivity index is 1.72. The number of carbonyl (C=O) groups excluding carboxylic acids is 1. The maximum absolute atomic E-state index is 11.8. The fraction of sp³-hybridized carbons (Fsp3) is 0.357. The topological polar surface area (TPSA) is 35.5 Å². The molecule has 0 fully saturated rings. The van der Waals surface area contributed by atoms with Crippen LogP contribution in [0, 0.1) is 0 Å². The Morgan fingerprint density at radius 1 is 1.35 bits per heavy atom. The first-order valence-electron chi connectivity index (χ1n) is 5.86. The average molecular weight is 232 g/mol. The Kier molecular flexibility index (Phi) is 4.33. The SMILES string of the molecule is O=C(CCO[C@@H]1CCC=CO1)c1ccccc1. The van der Waals surface area contributed by atoms with Crippen molar-refractivity contribution in [1.82, 2.24) is 0 Å². The fourth-order valence-corrected chi connectivity index (χ4v) is 1.69. The van der Waals surface area contributed by atoms with E-state index in [0.29, 0.717) is 13.0 Å². The fourth-order valence-electron chi connectivity index (χ4n) is 1.69. The summed E-state index contributed by atoms with van der Waals surface area (Å²) in [7, 11) is 0. The van der Waals surface area contributed by atoms with Crippen molar-refractivity contribution in [2.75, 3.05) is 6.61 Å². The summed E-state index contributed by atoms with van der Waals surface area (Å²) < 4.78 is 10.7. The standard InChI is InChI=1S/C14H16O3/c15-13(12-6-2-1-3-7-12)9-11-17-14-8-4-5-10-16-14/h1-3,5-7,10,14H,4,8-9,11H2/t14-/m1/s1. The molecule has 17 heavy (non-hydrogen) atoms.